The molecule has 2 aliphatic heterocycles. The lowest BCUT2D eigenvalue weighted by Crippen LogP contribution is -2.48. The Balaban J connectivity index is 1.98. The minimum absolute atomic E-state index is 0.00188. The van der Waals surface area contributed by atoms with Gasteiger partial charge in [-0.1, -0.05) is 0 Å². The van der Waals surface area contributed by atoms with Crippen LogP contribution in [-0.4, -0.2) is 54.2 Å². The van der Waals surface area contributed by atoms with Gasteiger partial charge in [0.05, 0.1) is 17.7 Å². The van der Waals surface area contributed by atoms with E-state index in [1.54, 1.807) is 20.8 Å². The molecular weight excluding hydrogens is 324 g/mol. The number of amides is 1. The molecule has 0 bridgehead atoms. The third-order valence-electron chi connectivity index (χ3n) is 5.23. The Kier molecular flexibility index (Phi) is 5.33. The van der Waals surface area contributed by atoms with Crippen LogP contribution < -0.4 is 0 Å². The first-order chi connectivity index (χ1) is 11.2. The largest absolute Gasteiger partial charge is 0.490 e. The average molecular weight is 355 g/mol. The standard InChI is InChI=1S/C18H31BFNO4/c1-12(19-24-17(5,6)18(7,8)25-19)13-9-10-21(11-14(13)20)15(22)23-16(2,3)4/h13-14H,1,9-11H2,2-8H3/t13-,14-/m1/s1. The fourth-order valence-electron chi connectivity index (χ4n) is 2.98. The maximum atomic E-state index is 14.8. The van der Waals surface area contributed by atoms with Gasteiger partial charge in [-0.3, -0.25) is 0 Å². The molecule has 5 nitrogen and oxygen atoms in total. The normalized spacial score (nSPS) is 28.8. The summed E-state index contributed by atoms with van der Waals surface area (Å²) in [7, 11) is -0.624. The molecule has 2 fully saturated rings. The maximum absolute atomic E-state index is 14.8. The van der Waals surface area contributed by atoms with E-state index in [1.165, 1.54) is 4.90 Å². The van der Waals surface area contributed by atoms with Gasteiger partial charge >= 0.3 is 13.2 Å². The second-order valence-electron chi connectivity index (χ2n) is 9.00. The Hall–Kier alpha value is -1.08. The van der Waals surface area contributed by atoms with E-state index in [2.05, 4.69) is 6.58 Å². The molecule has 0 aromatic heterocycles. The molecule has 7 heteroatoms. The summed E-state index contributed by atoms with van der Waals surface area (Å²) >= 11 is 0. The second kappa shape index (κ2) is 6.58. The fraction of sp³-hybridized carbons (Fsp3) is 0.833. The summed E-state index contributed by atoms with van der Waals surface area (Å²) in [6.07, 6.45) is -1.22. The van der Waals surface area contributed by atoms with E-state index in [0.29, 0.717) is 18.4 Å². The predicted molar refractivity (Wildman–Crippen MR) is 96.0 cm³/mol. The molecule has 2 heterocycles. The number of carbonyl (C=O) groups excluding carboxylic acids is 1. The summed E-state index contributed by atoms with van der Waals surface area (Å²) in [5, 5.41) is 0. The Morgan fingerprint density at radius 3 is 2.20 bits per heavy atom. The summed E-state index contributed by atoms with van der Waals surface area (Å²) in [6, 6.07) is 0. The topological polar surface area (TPSA) is 48.0 Å². The van der Waals surface area contributed by atoms with Crippen LogP contribution in [0.1, 0.15) is 54.9 Å². The lowest BCUT2D eigenvalue weighted by Gasteiger charge is -2.36. The van der Waals surface area contributed by atoms with E-state index in [-0.39, 0.29) is 6.54 Å². The van der Waals surface area contributed by atoms with E-state index < -0.39 is 42.1 Å². The van der Waals surface area contributed by atoms with Crippen molar-refractivity contribution in [3.05, 3.63) is 12.1 Å². The number of ether oxygens (including phenoxy) is 1. The zero-order chi connectivity index (χ0) is 19.2. The number of alkyl halides is 1. The number of nitrogens with zero attached hydrogens (tertiary/aromatic N) is 1. The quantitative estimate of drug-likeness (QED) is 0.708. The van der Waals surface area contributed by atoms with Crippen molar-refractivity contribution < 1.29 is 23.2 Å². The van der Waals surface area contributed by atoms with Crippen molar-refractivity contribution in [2.24, 2.45) is 5.92 Å². The zero-order valence-corrected chi connectivity index (χ0v) is 16.5. The molecule has 1 amide bonds. The van der Waals surface area contributed by atoms with Crippen LogP contribution in [0.5, 0.6) is 0 Å². The minimum Gasteiger partial charge on any atom is -0.444 e. The van der Waals surface area contributed by atoms with Crippen LogP contribution >= 0.6 is 0 Å². The molecule has 0 radical (unpaired) electrons. The molecule has 142 valence electrons. The van der Waals surface area contributed by atoms with Gasteiger partial charge in [-0.2, -0.15) is 0 Å². The van der Waals surface area contributed by atoms with E-state index in [4.69, 9.17) is 14.0 Å². The second-order valence-corrected chi connectivity index (χ2v) is 9.00. The molecule has 2 atom stereocenters. The Morgan fingerprint density at radius 1 is 1.24 bits per heavy atom. The van der Waals surface area contributed by atoms with Gasteiger partial charge in [-0.25, -0.2) is 9.18 Å². The van der Waals surface area contributed by atoms with Gasteiger partial charge in [0.1, 0.15) is 11.8 Å². The van der Waals surface area contributed by atoms with Crippen LogP contribution in [0.2, 0.25) is 0 Å². The summed E-state index contributed by atoms with van der Waals surface area (Å²) in [5.41, 5.74) is -0.950. The number of piperidine rings is 1. The summed E-state index contributed by atoms with van der Waals surface area (Å²) in [5.74, 6) is -0.395. The van der Waals surface area contributed by atoms with Crippen LogP contribution in [0, 0.1) is 5.92 Å². The van der Waals surface area contributed by atoms with Crippen molar-refractivity contribution in [2.45, 2.75) is 77.9 Å². The molecule has 2 aliphatic rings. The number of allylic oxidation sites excluding steroid dienone is 1. The zero-order valence-electron chi connectivity index (χ0n) is 16.5. The van der Waals surface area contributed by atoms with Crippen LogP contribution in [0.15, 0.2) is 12.1 Å². The van der Waals surface area contributed by atoms with Crippen molar-refractivity contribution in [1.82, 2.24) is 4.90 Å². The maximum Gasteiger partial charge on any atom is 0.490 e. The first-order valence-electron chi connectivity index (χ1n) is 8.90. The first-order valence-corrected chi connectivity index (χ1v) is 8.90. The smallest absolute Gasteiger partial charge is 0.444 e. The third-order valence-corrected chi connectivity index (χ3v) is 5.23. The van der Waals surface area contributed by atoms with Gasteiger partial charge in [0.15, 0.2) is 0 Å². The Morgan fingerprint density at radius 2 is 1.76 bits per heavy atom. The Bertz CT molecular complexity index is 528. The highest BCUT2D eigenvalue weighted by Gasteiger charge is 2.53. The highest BCUT2D eigenvalue weighted by Crippen LogP contribution is 2.41. The lowest BCUT2D eigenvalue weighted by atomic mass is 9.68. The molecule has 25 heavy (non-hydrogen) atoms. The van der Waals surface area contributed by atoms with Crippen LogP contribution in [0.25, 0.3) is 0 Å². The van der Waals surface area contributed by atoms with Gasteiger partial charge in [0, 0.05) is 12.5 Å². The predicted octanol–water partition coefficient (Wildman–Crippen LogP) is 3.77. The molecule has 0 aromatic carbocycles. The number of halogens is 1. The highest BCUT2D eigenvalue weighted by molar-refractivity contribution is 6.54. The first kappa shape index (κ1) is 20.2. The minimum atomic E-state index is -1.22. The van der Waals surface area contributed by atoms with Crippen molar-refractivity contribution in [3.8, 4) is 0 Å². The van der Waals surface area contributed by atoms with E-state index in [9.17, 15) is 9.18 Å². The van der Waals surface area contributed by atoms with Crippen molar-refractivity contribution >= 4 is 13.2 Å². The summed E-state index contributed by atoms with van der Waals surface area (Å²) in [6.45, 7) is 17.7. The monoisotopic (exact) mass is 355 g/mol. The van der Waals surface area contributed by atoms with E-state index >= 15 is 0 Å². The SMILES string of the molecule is C=C(B1OC(C)(C)C(C)(C)O1)[C@H]1CCN(C(=O)OC(C)(C)C)C[C@H]1F. The van der Waals surface area contributed by atoms with Crippen molar-refractivity contribution in [3.63, 3.8) is 0 Å². The molecule has 0 saturated carbocycles. The number of carbonyl (C=O) groups is 1. The molecule has 2 rings (SSSR count). The molecule has 0 aromatic rings. The van der Waals surface area contributed by atoms with E-state index in [1.807, 2.05) is 27.7 Å². The summed E-state index contributed by atoms with van der Waals surface area (Å²) < 4.78 is 32.0. The highest BCUT2D eigenvalue weighted by atomic mass is 19.1. The summed E-state index contributed by atoms with van der Waals surface area (Å²) in [4.78, 5) is 13.5. The van der Waals surface area contributed by atoms with Gasteiger partial charge in [-0.15, -0.1) is 6.58 Å². The van der Waals surface area contributed by atoms with Crippen LogP contribution in [0.3, 0.4) is 0 Å². The number of likely N-dealkylation sites (tertiary alicyclic amines) is 1. The number of hydrogen-bond donors (Lipinski definition) is 0. The number of hydrogen-bond acceptors (Lipinski definition) is 4. The van der Waals surface area contributed by atoms with Gasteiger partial charge in [0.25, 0.3) is 0 Å². The van der Waals surface area contributed by atoms with Gasteiger partial charge in [-0.05, 0) is 60.4 Å². The van der Waals surface area contributed by atoms with Crippen LogP contribution in [0.4, 0.5) is 9.18 Å². The molecular formula is C18H31BFNO4. The molecule has 0 unspecified atom stereocenters. The lowest BCUT2D eigenvalue weighted by molar-refractivity contribution is 0.00578. The van der Waals surface area contributed by atoms with Gasteiger partial charge < -0.3 is 18.9 Å². The Labute approximate surface area is 151 Å². The van der Waals surface area contributed by atoms with Crippen LogP contribution in [-0.2, 0) is 14.0 Å². The van der Waals surface area contributed by atoms with Gasteiger partial charge in [0.2, 0.25) is 0 Å². The fourth-order valence-corrected chi connectivity index (χ4v) is 2.98. The third kappa shape index (κ3) is 4.37. The molecule has 0 spiro atoms. The van der Waals surface area contributed by atoms with Crippen molar-refractivity contribution in [1.29, 1.82) is 0 Å². The average Bonchev–Trinajstić information content (AvgIpc) is 2.64. The number of rotatable bonds is 2. The van der Waals surface area contributed by atoms with Crippen molar-refractivity contribution in [2.75, 3.05) is 13.1 Å². The van der Waals surface area contributed by atoms with E-state index in [0.717, 1.165) is 0 Å². The molecule has 2 saturated heterocycles. The molecule has 0 N–H and O–H groups in total. The molecule has 0 aliphatic carbocycles.